The quantitative estimate of drug-likeness (QED) is 0.777. The first kappa shape index (κ1) is 13.5. The predicted octanol–water partition coefficient (Wildman–Crippen LogP) is 2.00. The van der Waals surface area contributed by atoms with Crippen molar-refractivity contribution in [3.8, 4) is 0 Å². The third-order valence-corrected chi connectivity index (χ3v) is 3.38. The van der Waals surface area contributed by atoms with Gasteiger partial charge < -0.3 is 14.9 Å². The van der Waals surface area contributed by atoms with Gasteiger partial charge >= 0.3 is 0 Å². The zero-order valence-electron chi connectivity index (χ0n) is 11.4. The van der Waals surface area contributed by atoms with Crippen molar-refractivity contribution in [3.05, 3.63) is 11.7 Å². The van der Waals surface area contributed by atoms with E-state index in [0.717, 1.165) is 12.2 Å². The summed E-state index contributed by atoms with van der Waals surface area (Å²) in [6, 6.07) is 0.0196. The number of nitrogens with zero attached hydrogens (tertiary/aromatic N) is 2. The number of aliphatic hydroxyl groups is 1. The van der Waals surface area contributed by atoms with Gasteiger partial charge in [-0.05, 0) is 25.2 Å². The molecule has 2 N–H and O–H groups in total. The van der Waals surface area contributed by atoms with E-state index in [0.29, 0.717) is 24.3 Å². The van der Waals surface area contributed by atoms with E-state index in [1.54, 1.807) is 0 Å². The lowest BCUT2D eigenvalue weighted by molar-refractivity contribution is 0.154. The van der Waals surface area contributed by atoms with Gasteiger partial charge in [-0.1, -0.05) is 25.9 Å². The summed E-state index contributed by atoms with van der Waals surface area (Å²) in [5.41, 5.74) is 0. The van der Waals surface area contributed by atoms with Crippen molar-refractivity contribution in [1.82, 2.24) is 15.5 Å². The smallest absolute Gasteiger partial charge is 0.244 e. The molecule has 1 aliphatic rings. The van der Waals surface area contributed by atoms with Crippen LogP contribution in [0.4, 0.5) is 0 Å². The number of hydrogen-bond acceptors (Lipinski definition) is 5. The molecule has 0 amide bonds. The standard InChI is InChI=1S/C13H23N3O2/c1-4-10(17)7-14-11(8(2)3)13-15-12(16-18-13)9-5-6-9/h8-11,14,17H,4-7H2,1-3H3/t10-,11?/m1/s1. The molecule has 0 aliphatic heterocycles. The second-order valence-corrected chi connectivity index (χ2v) is 5.46. The second kappa shape index (κ2) is 5.80. The Morgan fingerprint density at radius 1 is 1.44 bits per heavy atom. The van der Waals surface area contributed by atoms with Crippen LogP contribution >= 0.6 is 0 Å². The number of aromatic nitrogens is 2. The summed E-state index contributed by atoms with van der Waals surface area (Å²) in [5, 5.41) is 17.0. The lowest BCUT2D eigenvalue weighted by Gasteiger charge is -2.20. The summed E-state index contributed by atoms with van der Waals surface area (Å²) in [4.78, 5) is 4.48. The van der Waals surface area contributed by atoms with E-state index >= 15 is 0 Å². The monoisotopic (exact) mass is 253 g/mol. The Labute approximate surface area is 108 Å². The summed E-state index contributed by atoms with van der Waals surface area (Å²) in [5.74, 6) is 2.35. The molecule has 1 aromatic heterocycles. The van der Waals surface area contributed by atoms with Crippen molar-refractivity contribution in [2.45, 2.75) is 58.1 Å². The molecule has 1 fully saturated rings. The van der Waals surface area contributed by atoms with Gasteiger partial charge in [0.15, 0.2) is 5.82 Å². The molecular weight excluding hydrogens is 230 g/mol. The van der Waals surface area contributed by atoms with Gasteiger partial charge in [0.1, 0.15) is 0 Å². The lowest BCUT2D eigenvalue weighted by atomic mass is 10.0. The highest BCUT2D eigenvalue weighted by molar-refractivity contribution is 5.05. The molecule has 0 spiro atoms. The molecule has 0 bridgehead atoms. The van der Waals surface area contributed by atoms with Gasteiger partial charge in [-0.15, -0.1) is 0 Å². The molecule has 5 heteroatoms. The highest BCUT2D eigenvalue weighted by Gasteiger charge is 2.31. The zero-order chi connectivity index (χ0) is 13.1. The first-order valence-electron chi connectivity index (χ1n) is 6.86. The number of rotatable bonds is 7. The minimum absolute atomic E-state index is 0.0196. The van der Waals surface area contributed by atoms with Crippen molar-refractivity contribution >= 4 is 0 Å². The molecule has 1 aromatic rings. The van der Waals surface area contributed by atoms with E-state index in [1.807, 2.05) is 6.92 Å². The SMILES string of the molecule is CC[C@@H](O)CNC(c1nc(C2CC2)no1)C(C)C. The van der Waals surface area contributed by atoms with Gasteiger partial charge in [0.2, 0.25) is 5.89 Å². The van der Waals surface area contributed by atoms with E-state index in [4.69, 9.17) is 4.52 Å². The Balaban J connectivity index is 1.98. The zero-order valence-corrected chi connectivity index (χ0v) is 11.4. The maximum Gasteiger partial charge on any atom is 0.244 e. The number of nitrogens with one attached hydrogen (secondary N) is 1. The summed E-state index contributed by atoms with van der Waals surface area (Å²) < 4.78 is 5.35. The van der Waals surface area contributed by atoms with Crippen LogP contribution in [0.3, 0.4) is 0 Å². The topological polar surface area (TPSA) is 71.2 Å². The first-order chi connectivity index (χ1) is 8.61. The van der Waals surface area contributed by atoms with Crippen LogP contribution in [0.5, 0.6) is 0 Å². The summed E-state index contributed by atoms with van der Waals surface area (Å²) in [6.45, 7) is 6.74. The molecule has 18 heavy (non-hydrogen) atoms. The largest absolute Gasteiger partial charge is 0.392 e. The van der Waals surface area contributed by atoms with Gasteiger partial charge in [0, 0.05) is 12.5 Å². The number of aliphatic hydroxyl groups excluding tert-OH is 1. The lowest BCUT2D eigenvalue weighted by Crippen LogP contribution is -2.32. The van der Waals surface area contributed by atoms with E-state index < -0.39 is 0 Å². The average Bonchev–Trinajstić information content (AvgIpc) is 3.09. The van der Waals surface area contributed by atoms with Crippen molar-refractivity contribution < 1.29 is 9.63 Å². The number of hydrogen-bond donors (Lipinski definition) is 2. The van der Waals surface area contributed by atoms with E-state index in [2.05, 4.69) is 29.3 Å². The van der Waals surface area contributed by atoms with Crippen LogP contribution < -0.4 is 5.32 Å². The minimum Gasteiger partial charge on any atom is -0.392 e. The fourth-order valence-electron chi connectivity index (χ4n) is 1.90. The first-order valence-corrected chi connectivity index (χ1v) is 6.86. The Hall–Kier alpha value is -0.940. The summed E-state index contributed by atoms with van der Waals surface area (Å²) in [7, 11) is 0. The Bertz CT molecular complexity index is 374. The van der Waals surface area contributed by atoms with Gasteiger partial charge in [-0.25, -0.2) is 0 Å². The fourth-order valence-corrected chi connectivity index (χ4v) is 1.90. The average molecular weight is 253 g/mol. The third kappa shape index (κ3) is 3.29. The molecule has 2 rings (SSSR count). The molecule has 102 valence electrons. The van der Waals surface area contributed by atoms with Gasteiger partial charge in [-0.3, -0.25) is 0 Å². The Morgan fingerprint density at radius 3 is 2.72 bits per heavy atom. The van der Waals surface area contributed by atoms with Gasteiger partial charge in [-0.2, -0.15) is 4.98 Å². The maximum absolute atomic E-state index is 9.61. The van der Waals surface area contributed by atoms with Crippen LogP contribution in [-0.4, -0.2) is 27.9 Å². The summed E-state index contributed by atoms with van der Waals surface area (Å²) >= 11 is 0. The van der Waals surface area contributed by atoms with E-state index in [1.165, 1.54) is 12.8 Å². The van der Waals surface area contributed by atoms with Crippen molar-refractivity contribution in [3.63, 3.8) is 0 Å². The van der Waals surface area contributed by atoms with Crippen LogP contribution in [0.1, 0.15) is 63.7 Å². The molecule has 1 unspecified atom stereocenters. The van der Waals surface area contributed by atoms with Crippen LogP contribution in [-0.2, 0) is 0 Å². The van der Waals surface area contributed by atoms with Crippen molar-refractivity contribution in [2.24, 2.45) is 5.92 Å². The highest BCUT2D eigenvalue weighted by atomic mass is 16.5. The molecular formula is C13H23N3O2. The van der Waals surface area contributed by atoms with E-state index in [9.17, 15) is 5.11 Å². The fraction of sp³-hybridized carbons (Fsp3) is 0.846. The minimum atomic E-state index is -0.322. The second-order valence-electron chi connectivity index (χ2n) is 5.46. The molecule has 2 atom stereocenters. The Kier molecular flexibility index (Phi) is 4.35. The Morgan fingerprint density at radius 2 is 2.17 bits per heavy atom. The predicted molar refractivity (Wildman–Crippen MR) is 68.2 cm³/mol. The molecule has 1 heterocycles. The van der Waals surface area contributed by atoms with Crippen LogP contribution in [0.15, 0.2) is 4.52 Å². The molecule has 1 saturated carbocycles. The maximum atomic E-state index is 9.61. The van der Waals surface area contributed by atoms with Crippen LogP contribution in [0.25, 0.3) is 0 Å². The van der Waals surface area contributed by atoms with E-state index in [-0.39, 0.29) is 12.1 Å². The third-order valence-electron chi connectivity index (χ3n) is 3.38. The van der Waals surface area contributed by atoms with Crippen molar-refractivity contribution in [2.75, 3.05) is 6.54 Å². The van der Waals surface area contributed by atoms with Gasteiger partial charge in [0.25, 0.3) is 0 Å². The highest BCUT2D eigenvalue weighted by Crippen LogP contribution is 2.38. The normalized spacial score (nSPS) is 19.2. The molecule has 1 aliphatic carbocycles. The molecule has 0 radical (unpaired) electrons. The molecule has 0 aromatic carbocycles. The summed E-state index contributed by atoms with van der Waals surface area (Å²) in [6.07, 6.45) is 2.77. The van der Waals surface area contributed by atoms with Gasteiger partial charge in [0.05, 0.1) is 12.1 Å². The van der Waals surface area contributed by atoms with Crippen molar-refractivity contribution in [1.29, 1.82) is 0 Å². The van der Waals surface area contributed by atoms with Crippen LogP contribution in [0.2, 0.25) is 0 Å². The molecule has 5 nitrogen and oxygen atoms in total. The molecule has 0 saturated heterocycles. The van der Waals surface area contributed by atoms with Crippen LogP contribution in [0, 0.1) is 5.92 Å².